The molecule has 3 N–H and O–H groups in total. The van der Waals surface area contributed by atoms with Gasteiger partial charge in [-0.3, -0.25) is 0 Å². The smallest absolute Gasteiger partial charge is 0.328 e. The molecule has 0 radical (unpaired) electrons. The van der Waals surface area contributed by atoms with Crippen LogP contribution >= 0.6 is 0 Å². The Morgan fingerprint density at radius 1 is 0.703 bits per heavy atom. The molecule has 0 aliphatic carbocycles. The molecule has 0 amide bonds. The maximum atomic E-state index is 10.8. The molecule has 0 bridgehead atoms. The second-order valence-corrected chi connectivity index (χ2v) is 7.72. The molecule has 0 spiro atoms. The Kier molecular flexibility index (Phi) is 11.8. The fraction of sp³-hybridized carbons (Fsp3) is 0.333. The number of benzene rings is 2. The van der Waals surface area contributed by atoms with E-state index in [2.05, 4.69) is 0 Å². The van der Waals surface area contributed by atoms with Crippen molar-refractivity contribution in [2.24, 2.45) is 0 Å². The summed E-state index contributed by atoms with van der Waals surface area (Å²) in [5.74, 6) is -0.0196. The van der Waals surface area contributed by atoms with E-state index in [-0.39, 0.29) is 6.61 Å². The first-order valence-electron chi connectivity index (χ1n) is 11.5. The predicted octanol–water partition coefficient (Wildman–Crippen LogP) is 4.03. The topological polar surface area (TPSA) is 141 Å². The van der Waals surface area contributed by atoms with Crippen LogP contribution in [0.1, 0.15) is 36.0 Å². The van der Waals surface area contributed by atoms with E-state index in [0.29, 0.717) is 65.1 Å². The minimum atomic E-state index is -1.07. The third kappa shape index (κ3) is 9.08. The average molecular weight is 517 g/mol. The van der Waals surface area contributed by atoms with Gasteiger partial charge < -0.3 is 39.0 Å². The zero-order valence-corrected chi connectivity index (χ0v) is 21.1. The van der Waals surface area contributed by atoms with E-state index in [0.717, 1.165) is 25.0 Å². The molecule has 0 aliphatic heterocycles. The van der Waals surface area contributed by atoms with Gasteiger partial charge in [-0.25, -0.2) is 9.59 Å². The lowest BCUT2D eigenvalue weighted by Crippen LogP contribution is -2.05. The van der Waals surface area contributed by atoms with Crippen LogP contribution in [0.15, 0.2) is 36.4 Å². The normalized spacial score (nSPS) is 11.0. The predicted molar refractivity (Wildman–Crippen MR) is 137 cm³/mol. The highest BCUT2D eigenvalue weighted by atomic mass is 16.5. The highest BCUT2D eigenvalue weighted by Crippen LogP contribution is 2.39. The van der Waals surface area contributed by atoms with Crippen LogP contribution in [0.5, 0.6) is 28.7 Å². The van der Waals surface area contributed by atoms with E-state index in [1.807, 2.05) is 0 Å². The van der Waals surface area contributed by atoms with Crippen molar-refractivity contribution in [1.29, 1.82) is 0 Å². The van der Waals surface area contributed by atoms with Crippen LogP contribution in [-0.2, 0) is 16.2 Å². The highest BCUT2D eigenvalue weighted by Gasteiger charge is 2.14. The van der Waals surface area contributed by atoms with E-state index < -0.39 is 11.9 Å². The zero-order valence-electron chi connectivity index (χ0n) is 21.1. The summed E-state index contributed by atoms with van der Waals surface area (Å²) in [5, 5.41) is 27.4. The molecule has 2 aromatic carbocycles. The summed E-state index contributed by atoms with van der Waals surface area (Å²) in [7, 11) is 4.46. The number of aliphatic carboxylic acids is 2. The number of aliphatic hydroxyl groups excluding tert-OH is 1. The molecule has 0 fully saturated rings. The molecular weight excluding hydrogens is 484 g/mol. The fourth-order valence-electron chi connectivity index (χ4n) is 3.42. The SMILES string of the molecule is COc1cc(/C=C/C(=O)O)cc(CO)c1OCCCCCOc1c(OC)cc(/C=C/C(=O)O)cc1OC. The second kappa shape index (κ2) is 15.0. The molecule has 0 saturated carbocycles. The Balaban J connectivity index is 1.92. The van der Waals surface area contributed by atoms with Crippen molar-refractivity contribution in [3.8, 4) is 28.7 Å². The Hall–Kier alpha value is -4.18. The zero-order chi connectivity index (χ0) is 27.2. The molecule has 10 nitrogen and oxygen atoms in total. The lowest BCUT2D eigenvalue weighted by molar-refractivity contribution is -0.132. The van der Waals surface area contributed by atoms with Crippen molar-refractivity contribution < 1.29 is 48.6 Å². The highest BCUT2D eigenvalue weighted by molar-refractivity contribution is 5.86. The summed E-state index contributed by atoms with van der Waals surface area (Å²) >= 11 is 0. The van der Waals surface area contributed by atoms with Crippen LogP contribution in [0.3, 0.4) is 0 Å². The van der Waals surface area contributed by atoms with E-state index in [4.69, 9.17) is 33.9 Å². The number of carboxylic acid groups (broad SMARTS) is 2. The quantitative estimate of drug-likeness (QED) is 0.221. The summed E-state index contributed by atoms with van der Waals surface area (Å²) in [6, 6.07) is 6.62. The van der Waals surface area contributed by atoms with Crippen molar-refractivity contribution in [3.05, 3.63) is 53.1 Å². The molecule has 2 aromatic rings. The van der Waals surface area contributed by atoms with Gasteiger partial charge >= 0.3 is 11.9 Å². The summed E-state index contributed by atoms with van der Waals surface area (Å²) in [4.78, 5) is 21.5. The van der Waals surface area contributed by atoms with Gasteiger partial charge in [-0.1, -0.05) is 0 Å². The maximum absolute atomic E-state index is 10.8. The van der Waals surface area contributed by atoms with Gasteiger partial charge in [0.1, 0.15) is 0 Å². The molecule has 0 unspecified atom stereocenters. The third-order valence-corrected chi connectivity index (χ3v) is 5.15. The van der Waals surface area contributed by atoms with Gasteiger partial charge in [0.2, 0.25) is 5.75 Å². The maximum Gasteiger partial charge on any atom is 0.328 e. The van der Waals surface area contributed by atoms with Crippen LogP contribution in [0.2, 0.25) is 0 Å². The Labute approximate surface area is 215 Å². The summed E-state index contributed by atoms with van der Waals surface area (Å²) < 4.78 is 27.9. The number of aliphatic hydroxyl groups is 1. The molecule has 0 saturated heterocycles. The van der Waals surface area contributed by atoms with E-state index in [1.54, 1.807) is 24.3 Å². The van der Waals surface area contributed by atoms with Gasteiger partial charge in [-0.2, -0.15) is 0 Å². The molecule has 0 aliphatic rings. The van der Waals surface area contributed by atoms with E-state index in [9.17, 15) is 14.7 Å². The molecular formula is C27H32O10. The third-order valence-electron chi connectivity index (χ3n) is 5.15. The van der Waals surface area contributed by atoms with Crippen LogP contribution < -0.4 is 23.7 Å². The Morgan fingerprint density at radius 2 is 1.14 bits per heavy atom. The minimum absolute atomic E-state index is 0.289. The van der Waals surface area contributed by atoms with Gasteiger partial charge in [0.25, 0.3) is 0 Å². The molecule has 0 aromatic heterocycles. The van der Waals surface area contributed by atoms with Gasteiger partial charge in [0, 0.05) is 17.7 Å². The molecule has 200 valence electrons. The largest absolute Gasteiger partial charge is 0.493 e. The van der Waals surface area contributed by atoms with Crippen LogP contribution in [0.25, 0.3) is 12.2 Å². The first kappa shape index (κ1) is 29.1. The standard InChI is InChI=1S/C27H32O10/c1-33-21-14-18(7-9-24(29)30)13-20(17-28)26(21)36-11-5-4-6-12-37-27-22(34-2)15-19(8-10-25(31)32)16-23(27)35-3/h7-10,13-16,28H,4-6,11-12,17H2,1-3H3,(H,29,30)(H,31,32)/b9-7+,10-8+. The van der Waals surface area contributed by atoms with Gasteiger partial charge in [0.05, 0.1) is 41.2 Å². The first-order valence-corrected chi connectivity index (χ1v) is 11.5. The number of carboxylic acids is 2. The monoisotopic (exact) mass is 516 g/mol. The average Bonchev–Trinajstić information content (AvgIpc) is 2.89. The van der Waals surface area contributed by atoms with Crippen molar-refractivity contribution in [1.82, 2.24) is 0 Å². The number of hydrogen-bond donors (Lipinski definition) is 3. The Morgan fingerprint density at radius 3 is 1.57 bits per heavy atom. The molecule has 10 heteroatoms. The van der Waals surface area contributed by atoms with Crippen molar-refractivity contribution >= 4 is 24.1 Å². The van der Waals surface area contributed by atoms with Crippen molar-refractivity contribution in [2.45, 2.75) is 25.9 Å². The lowest BCUT2D eigenvalue weighted by atomic mass is 10.1. The summed E-state index contributed by atoms with van der Waals surface area (Å²) in [5.41, 5.74) is 1.67. The molecule has 2 rings (SSSR count). The van der Waals surface area contributed by atoms with E-state index in [1.165, 1.54) is 33.5 Å². The number of methoxy groups -OCH3 is 3. The summed E-state index contributed by atoms with van der Waals surface area (Å²) in [6.45, 7) is 0.487. The number of unbranched alkanes of at least 4 members (excludes halogenated alkanes) is 2. The fourth-order valence-corrected chi connectivity index (χ4v) is 3.42. The number of rotatable bonds is 16. The van der Waals surface area contributed by atoms with Gasteiger partial charge in [-0.15, -0.1) is 0 Å². The molecule has 0 heterocycles. The lowest BCUT2D eigenvalue weighted by Gasteiger charge is -2.16. The van der Waals surface area contributed by atoms with Gasteiger partial charge in [-0.05, 0) is 66.8 Å². The van der Waals surface area contributed by atoms with E-state index >= 15 is 0 Å². The first-order chi connectivity index (χ1) is 17.8. The molecule has 0 atom stereocenters. The second-order valence-electron chi connectivity index (χ2n) is 7.72. The number of carbonyl (C=O) groups is 2. The van der Waals surface area contributed by atoms with Crippen LogP contribution in [0.4, 0.5) is 0 Å². The van der Waals surface area contributed by atoms with Crippen LogP contribution in [-0.4, -0.2) is 61.8 Å². The van der Waals surface area contributed by atoms with Crippen LogP contribution in [0, 0.1) is 0 Å². The molecule has 37 heavy (non-hydrogen) atoms. The van der Waals surface area contributed by atoms with Gasteiger partial charge in [0.15, 0.2) is 23.0 Å². The number of ether oxygens (including phenoxy) is 5. The summed E-state index contributed by atoms with van der Waals surface area (Å²) in [6.07, 6.45) is 7.12. The number of hydrogen-bond acceptors (Lipinski definition) is 8. The van der Waals surface area contributed by atoms with Crippen molar-refractivity contribution in [2.75, 3.05) is 34.5 Å². The van der Waals surface area contributed by atoms with Crippen molar-refractivity contribution in [3.63, 3.8) is 0 Å². The minimum Gasteiger partial charge on any atom is -0.493 e. The Bertz CT molecular complexity index is 983.